The molecule has 0 spiro atoms. The third kappa shape index (κ3) is 10.2. The zero-order valence-electron chi connectivity index (χ0n) is 32.4. The number of nitrogens with one attached hydrogen (secondary N) is 2. The first-order chi connectivity index (χ1) is 26.4. The highest BCUT2D eigenvalue weighted by Gasteiger charge is 2.17. The van der Waals surface area contributed by atoms with E-state index < -0.39 is 0 Å². The molecule has 10 nitrogen and oxygen atoms in total. The molecule has 0 atom stereocenters. The molecule has 0 radical (unpaired) electrons. The van der Waals surface area contributed by atoms with Gasteiger partial charge in [0.15, 0.2) is 11.6 Å². The molecule has 4 aromatic heterocycles. The van der Waals surface area contributed by atoms with E-state index in [0.29, 0.717) is 18.2 Å². The number of hydrogen-bond acceptors (Lipinski definition) is 8. The summed E-state index contributed by atoms with van der Waals surface area (Å²) in [5.74, 6) is 4.64. The van der Waals surface area contributed by atoms with Crippen LogP contribution < -0.4 is 22.1 Å². The van der Waals surface area contributed by atoms with Crippen LogP contribution in [0.2, 0.25) is 0 Å². The lowest BCUT2D eigenvalue weighted by Crippen LogP contribution is -2.08. The van der Waals surface area contributed by atoms with Crippen molar-refractivity contribution in [2.45, 2.75) is 79.3 Å². The van der Waals surface area contributed by atoms with Crippen molar-refractivity contribution >= 4 is 45.3 Å². The Labute approximate surface area is 320 Å². The number of unbranched alkanes of at least 4 members (excludes halogenated alkanes) is 2. The van der Waals surface area contributed by atoms with Gasteiger partial charge in [-0.25, -0.2) is 19.9 Å². The van der Waals surface area contributed by atoms with Crippen LogP contribution in [0.3, 0.4) is 0 Å². The maximum Gasteiger partial charge on any atom is 0.154 e. The number of fused-ring (bicyclic) bond motifs is 2. The molecule has 10 heteroatoms. The Balaban J connectivity index is 0.000000213. The molecular formula is C44H56N10. The van der Waals surface area contributed by atoms with Gasteiger partial charge in [-0.15, -0.1) is 0 Å². The number of hydrogen-bond donors (Lipinski definition) is 4. The molecule has 0 amide bonds. The fourth-order valence-electron chi connectivity index (χ4n) is 6.42. The summed E-state index contributed by atoms with van der Waals surface area (Å²) in [7, 11) is 0. The number of nitrogen functional groups attached to an aromatic ring is 2. The summed E-state index contributed by atoms with van der Waals surface area (Å²) in [6.45, 7) is 15.2. The number of rotatable bonds is 17. The molecule has 6 rings (SSSR count). The van der Waals surface area contributed by atoms with Gasteiger partial charge in [0.05, 0.1) is 11.0 Å². The predicted molar refractivity (Wildman–Crippen MR) is 228 cm³/mol. The Morgan fingerprint density at radius 1 is 0.704 bits per heavy atom. The summed E-state index contributed by atoms with van der Waals surface area (Å²) in [4.78, 5) is 18.6. The van der Waals surface area contributed by atoms with E-state index in [9.17, 15) is 0 Å². The summed E-state index contributed by atoms with van der Waals surface area (Å²) in [5.41, 5.74) is 19.7. The number of imidazole rings is 2. The molecule has 0 aliphatic heterocycles. The Hall–Kier alpha value is -5.90. The number of anilines is 4. The first-order valence-corrected chi connectivity index (χ1v) is 19.2. The second-order valence-corrected chi connectivity index (χ2v) is 13.3. The molecule has 54 heavy (non-hydrogen) atoms. The largest absolute Gasteiger partial charge is 0.382 e. The molecule has 6 N–H and O–H groups in total. The zero-order chi connectivity index (χ0) is 38.3. The van der Waals surface area contributed by atoms with Gasteiger partial charge in [-0.3, -0.25) is 0 Å². The van der Waals surface area contributed by atoms with Gasteiger partial charge in [-0.1, -0.05) is 118 Å². The van der Waals surface area contributed by atoms with E-state index in [1.807, 2.05) is 31.2 Å². The maximum atomic E-state index is 6.31. The smallest absolute Gasteiger partial charge is 0.154 e. The Morgan fingerprint density at radius 2 is 1.19 bits per heavy atom. The van der Waals surface area contributed by atoms with Gasteiger partial charge in [0.25, 0.3) is 0 Å². The highest BCUT2D eigenvalue weighted by Crippen LogP contribution is 2.27. The summed E-state index contributed by atoms with van der Waals surface area (Å²) >= 11 is 0. The number of nitrogens with zero attached hydrogens (tertiary/aromatic N) is 6. The minimum Gasteiger partial charge on any atom is -0.382 e. The molecule has 0 aliphatic carbocycles. The molecule has 0 aliphatic rings. The molecule has 4 heterocycles. The number of allylic oxidation sites excluding steroid dienone is 3. The average Bonchev–Trinajstić information content (AvgIpc) is 3.71. The van der Waals surface area contributed by atoms with E-state index in [0.717, 1.165) is 109 Å². The van der Waals surface area contributed by atoms with E-state index in [1.165, 1.54) is 11.1 Å². The maximum absolute atomic E-state index is 6.31. The van der Waals surface area contributed by atoms with Crippen molar-refractivity contribution < 1.29 is 0 Å². The second kappa shape index (κ2) is 19.8. The van der Waals surface area contributed by atoms with Crippen LogP contribution in [0.25, 0.3) is 22.1 Å². The minimum absolute atomic E-state index is 0.458. The van der Waals surface area contributed by atoms with Gasteiger partial charge >= 0.3 is 0 Å². The van der Waals surface area contributed by atoms with E-state index in [-0.39, 0.29) is 0 Å². The zero-order valence-corrected chi connectivity index (χ0v) is 32.4. The number of benzene rings is 2. The number of aromatic nitrogens is 6. The van der Waals surface area contributed by atoms with Crippen LogP contribution in [0.1, 0.15) is 76.2 Å². The minimum atomic E-state index is 0.458. The van der Waals surface area contributed by atoms with Crippen molar-refractivity contribution in [3.05, 3.63) is 132 Å². The third-order valence-corrected chi connectivity index (χ3v) is 9.10. The van der Waals surface area contributed by atoms with Gasteiger partial charge in [0.2, 0.25) is 0 Å². The highest BCUT2D eigenvalue weighted by atomic mass is 15.1. The van der Waals surface area contributed by atoms with Gasteiger partial charge in [0, 0.05) is 51.2 Å². The van der Waals surface area contributed by atoms with Crippen molar-refractivity contribution in [1.82, 2.24) is 29.1 Å². The normalized spacial score (nSPS) is 11.6. The molecule has 0 unspecified atom stereocenters. The fraction of sp³-hybridized carbons (Fsp3) is 0.318. The quantitative estimate of drug-likeness (QED) is 0.0683. The van der Waals surface area contributed by atoms with Crippen LogP contribution in [-0.4, -0.2) is 42.2 Å². The summed E-state index contributed by atoms with van der Waals surface area (Å²) in [5, 5.41) is 6.64. The van der Waals surface area contributed by atoms with Crippen LogP contribution in [0.15, 0.2) is 109 Å². The van der Waals surface area contributed by atoms with Crippen molar-refractivity contribution in [2.24, 2.45) is 0 Å². The van der Waals surface area contributed by atoms with Gasteiger partial charge in [-0.05, 0) is 43.4 Å². The molecule has 6 aromatic rings. The van der Waals surface area contributed by atoms with Crippen LogP contribution >= 0.6 is 0 Å². The lowest BCUT2D eigenvalue weighted by Gasteiger charge is -2.11. The van der Waals surface area contributed by atoms with Crippen LogP contribution in [0.5, 0.6) is 0 Å². The highest BCUT2D eigenvalue weighted by molar-refractivity contribution is 5.89. The SMILES string of the molecule is C=C/C=C(\C=C/C)CNc1cc2c(nc(CCCC)n2Cc2ccccc2)c(N)n1.CCCCc1nc2c(N)nc(NCC)cc2n1Cc1ccccc1. The average molecular weight is 725 g/mol. The van der Waals surface area contributed by atoms with Crippen molar-refractivity contribution in [3.63, 3.8) is 0 Å². The molecule has 0 fully saturated rings. The van der Waals surface area contributed by atoms with Crippen LogP contribution in [0.4, 0.5) is 23.3 Å². The lowest BCUT2D eigenvalue weighted by atomic mass is 10.2. The molecule has 2 aromatic carbocycles. The standard InChI is InChI=1S/C25H31N5.C19H25N5/c1-4-7-15-23-29-24-21(30(23)18-20-13-9-8-10-14-20)16-22(28-25(24)26)27-17-19(11-5-2)12-6-3;1-3-5-11-17-23-18-15(12-16(21-4-2)22-19(18)20)24(17)13-14-9-7-6-8-10-14/h5-6,8-14,16H,2,4,7,15,17-18H2,1,3H3,(H3,26,27,28);6-10,12H,3-5,11,13H2,1-2H3,(H3,20,21,22)/b12-6-,19-11+;. The van der Waals surface area contributed by atoms with Crippen molar-refractivity contribution in [1.29, 1.82) is 0 Å². The monoisotopic (exact) mass is 724 g/mol. The van der Waals surface area contributed by atoms with Gasteiger partial charge in [0.1, 0.15) is 34.3 Å². The van der Waals surface area contributed by atoms with Crippen LogP contribution in [0, 0.1) is 0 Å². The Kier molecular flexibility index (Phi) is 14.4. The van der Waals surface area contributed by atoms with E-state index >= 15 is 0 Å². The number of aryl methyl sites for hydroxylation is 2. The van der Waals surface area contributed by atoms with Crippen LogP contribution in [-0.2, 0) is 25.9 Å². The topological polar surface area (TPSA) is 138 Å². The first kappa shape index (κ1) is 39.3. The second-order valence-electron chi connectivity index (χ2n) is 13.3. The molecule has 0 saturated heterocycles. The van der Waals surface area contributed by atoms with Gasteiger partial charge < -0.3 is 31.2 Å². The van der Waals surface area contributed by atoms with Crippen molar-refractivity contribution in [3.8, 4) is 0 Å². The number of nitrogens with two attached hydrogens (primary N) is 2. The Morgan fingerprint density at radius 3 is 1.61 bits per heavy atom. The molecule has 0 saturated carbocycles. The summed E-state index contributed by atoms with van der Waals surface area (Å²) in [6.07, 6.45) is 14.2. The van der Waals surface area contributed by atoms with Crippen molar-refractivity contribution in [2.75, 3.05) is 35.2 Å². The van der Waals surface area contributed by atoms with Gasteiger partial charge in [-0.2, -0.15) is 0 Å². The Bertz CT molecular complexity index is 2160. The predicted octanol–water partition coefficient (Wildman–Crippen LogP) is 9.34. The summed E-state index contributed by atoms with van der Waals surface area (Å²) < 4.78 is 4.55. The molecule has 0 bridgehead atoms. The van der Waals surface area contributed by atoms with E-state index in [1.54, 1.807) is 6.08 Å². The lowest BCUT2D eigenvalue weighted by molar-refractivity contribution is 0.690. The molecule has 282 valence electrons. The van der Waals surface area contributed by atoms with E-state index in [4.69, 9.17) is 21.4 Å². The third-order valence-electron chi connectivity index (χ3n) is 9.10. The van der Waals surface area contributed by atoms with E-state index in [2.05, 4.69) is 124 Å². The fourth-order valence-corrected chi connectivity index (χ4v) is 6.42. The summed E-state index contributed by atoms with van der Waals surface area (Å²) in [6, 6.07) is 25.0. The molecular weight excluding hydrogens is 669 g/mol. The number of pyridine rings is 2. The first-order valence-electron chi connectivity index (χ1n) is 19.2.